The third kappa shape index (κ3) is 2.80. The van der Waals surface area contributed by atoms with Gasteiger partial charge in [-0.25, -0.2) is 0 Å². The topological polar surface area (TPSA) is 17.1 Å². The van der Waals surface area contributed by atoms with Crippen LogP contribution in [-0.4, -0.2) is 5.78 Å². The summed E-state index contributed by atoms with van der Waals surface area (Å²) in [5.74, 6) is 0.656. The van der Waals surface area contributed by atoms with Crippen molar-refractivity contribution in [3.8, 4) is 0 Å². The predicted octanol–water partition coefficient (Wildman–Crippen LogP) is 3.80. The Bertz CT molecular complexity index is 309. The van der Waals surface area contributed by atoms with Gasteiger partial charge in [0.05, 0.1) is 0 Å². The number of carbonyl (C=O) groups excluding carboxylic acids is 1. The lowest BCUT2D eigenvalue weighted by atomic mass is 9.82. The highest BCUT2D eigenvalue weighted by Gasteiger charge is 2.22. The molecule has 0 spiro atoms. The van der Waals surface area contributed by atoms with Crippen molar-refractivity contribution in [2.24, 2.45) is 5.92 Å². The highest BCUT2D eigenvalue weighted by atomic mass is 16.1. The van der Waals surface area contributed by atoms with E-state index in [4.69, 9.17) is 0 Å². The van der Waals surface area contributed by atoms with Crippen molar-refractivity contribution in [3.63, 3.8) is 0 Å². The fraction of sp³-hybridized carbons (Fsp3) is 0.643. The standard InChI is InChI=1S/C14H20O/c1-11-7-8-13(14(15)9-11)10-12-5-3-2-4-6-12/h5,9,13H,2-4,6-8,10H2,1H3. The molecule has 2 aliphatic rings. The summed E-state index contributed by atoms with van der Waals surface area (Å²) < 4.78 is 0. The van der Waals surface area contributed by atoms with E-state index in [9.17, 15) is 4.79 Å². The normalized spacial score (nSPS) is 27.3. The molecule has 0 N–H and O–H groups in total. The van der Waals surface area contributed by atoms with Crippen LogP contribution in [0.5, 0.6) is 0 Å². The summed E-state index contributed by atoms with van der Waals surface area (Å²) in [7, 11) is 0. The SMILES string of the molecule is CC1=CC(=O)C(CC2=CCCCC2)CC1. The molecule has 0 radical (unpaired) electrons. The van der Waals surface area contributed by atoms with Gasteiger partial charge in [-0.1, -0.05) is 17.2 Å². The molecule has 0 fully saturated rings. The van der Waals surface area contributed by atoms with Crippen molar-refractivity contribution in [1.29, 1.82) is 0 Å². The van der Waals surface area contributed by atoms with Crippen LogP contribution >= 0.6 is 0 Å². The first-order chi connectivity index (χ1) is 7.25. The highest BCUT2D eigenvalue weighted by molar-refractivity contribution is 5.93. The monoisotopic (exact) mass is 204 g/mol. The molecular weight excluding hydrogens is 184 g/mol. The average Bonchev–Trinajstić information content (AvgIpc) is 2.24. The Kier molecular flexibility index (Phi) is 3.40. The second kappa shape index (κ2) is 4.78. The van der Waals surface area contributed by atoms with Gasteiger partial charge < -0.3 is 0 Å². The molecule has 1 nitrogen and oxygen atoms in total. The Morgan fingerprint density at radius 1 is 1.33 bits per heavy atom. The molecule has 0 heterocycles. The van der Waals surface area contributed by atoms with E-state index in [2.05, 4.69) is 13.0 Å². The van der Waals surface area contributed by atoms with Crippen molar-refractivity contribution in [2.75, 3.05) is 0 Å². The maximum Gasteiger partial charge on any atom is 0.159 e. The van der Waals surface area contributed by atoms with Gasteiger partial charge >= 0.3 is 0 Å². The van der Waals surface area contributed by atoms with E-state index < -0.39 is 0 Å². The third-order valence-corrected chi connectivity index (χ3v) is 3.57. The fourth-order valence-corrected chi connectivity index (χ4v) is 2.59. The van der Waals surface area contributed by atoms with Crippen LogP contribution in [0.4, 0.5) is 0 Å². The summed E-state index contributed by atoms with van der Waals surface area (Å²) in [5, 5.41) is 0. The molecular formula is C14H20O. The number of carbonyl (C=O) groups is 1. The van der Waals surface area contributed by atoms with Gasteiger partial charge in [0.25, 0.3) is 0 Å². The van der Waals surface area contributed by atoms with Crippen molar-refractivity contribution in [3.05, 3.63) is 23.3 Å². The van der Waals surface area contributed by atoms with Crippen LogP contribution in [0.2, 0.25) is 0 Å². The van der Waals surface area contributed by atoms with Crippen LogP contribution in [0.25, 0.3) is 0 Å². The molecule has 0 saturated carbocycles. The van der Waals surface area contributed by atoms with Crippen LogP contribution in [0.1, 0.15) is 51.9 Å². The zero-order valence-electron chi connectivity index (χ0n) is 9.59. The number of rotatable bonds is 2. The molecule has 0 aliphatic heterocycles. The van der Waals surface area contributed by atoms with Gasteiger partial charge in [-0.2, -0.15) is 0 Å². The van der Waals surface area contributed by atoms with Crippen molar-refractivity contribution < 1.29 is 4.79 Å². The highest BCUT2D eigenvalue weighted by Crippen LogP contribution is 2.29. The van der Waals surface area contributed by atoms with Crippen molar-refractivity contribution >= 4 is 5.78 Å². The lowest BCUT2D eigenvalue weighted by molar-refractivity contribution is -0.118. The summed E-state index contributed by atoms with van der Waals surface area (Å²) >= 11 is 0. The van der Waals surface area contributed by atoms with Crippen LogP contribution in [0.3, 0.4) is 0 Å². The fourth-order valence-electron chi connectivity index (χ4n) is 2.59. The third-order valence-electron chi connectivity index (χ3n) is 3.57. The van der Waals surface area contributed by atoms with Crippen LogP contribution in [-0.2, 0) is 4.79 Å². The summed E-state index contributed by atoms with van der Waals surface area (Å²) in [4.78, 5) is 11.8. The lowest BCUT2D eigenvalue weighted by Gasteiger charge is -2.22. The molecule has 0 amide bonds. The molecule has 1 heteroatoms. The van der Waals surface area contributed by atoms with Crippen LogP contribution < -0.4 is 0 Å². The van der Waals surface area contributed by atoms with Gasteiger partial charge in [0.15, 0.2) is 5.78 Å². The Morgan fingerprint density at radius 2 is 2.20 bits per heavy atom. The van der Waals surface area contributed by atoms with E-state index in [0.717, 1.165) is 19.3 Å². The maximum absolute atomic E-state index is 11.8. The molecule has 0 aromatic rings. The van der Waals surface area contributed by atoms with Gasteiger partial charge in [-0.15, -0.1) is 0 Å². The average molecular weight is 204 g/mol. The minimum absolute atomic E-state index is 0.290. The smallest absolute Gasteiger partial charge is 0.159 e. The minimum atomic E-state index is 0.290. The Balaban J connectivity index is 1.95. The Hall–Kier alpha value is -0.850. The van der Waals surface area contributed by atoms with Gasteiger partial charge in [-0.3, -0.25) is 4.79 Å². The number of ketones is 1. The first kappa shape index (κ1) is 10.7. The number of allylic oxidation sites excluding steroid dienone is 4. The van der Waals surface area contributed by atoms with Crippen LogP contribution in [0, 0.1) is 5.92 Å². The van der Waals surface area contributed by atoms with E-state index in [-0.39, 0.29) is 5.92 Å². The molecule has 2 aliphatic carbocycles. The second-order valence-corrected chi connectivity index (χ2v) is 4.94. The molecule has 82 valence electrons. The molecule has 15 heavy (non-hydrogen) atoms. The van der Waals surface area contributed by atoms with Crippen molar-refractivity contribution in [1.82, 2.24) is 0 Å². The number of hydrogen-bond donors (Lipinski definition) is 0. The van der Waals surface area contributed by atoms with E-state index in [1.165, 1.54) is 36.8 Å². The zero-order valence-corrected chi connectivity index (χ0v) is 9.59. The van der Waals surface area contributed by atoms with Gasteiger partial charge in [-0.05, 0) is 57.9 Å². The molecule has 0 saturated heterocycles. The second-order valence-electron chi connectivity index (χ2n) is 4.94. The Labute approximate surface area is 92.3 Å². The summed E-state index contributed by atoms with van der Waals surface area (Å²) in [6, 6.07) is 0. The van der Waals surface area contributed by atoms with E-state index in [0.29, 0.717) is 5.78 Å². The largest absolute Gasteiger partial charge is 0.295 e. The summed E-state index contributed by atoms with van der Waals surface area (Å²) in [5.41, 5.74) is 2.79. The van der Waals surface area contributed by atoms with Gasteiger partial charge in [0.2, 0.25) is 0 Å². The first-order valence-electron chi connectivity index (χ1n) is 6.14. The van der Waals surface area contributed by atoms with Crippen LogP contribution in [0.15, 0.2) is 23.3 Å². The quantitative estimate of drug-likeness (QED) is 0.625. The first-order valence-corrected chi connectivity index (χ1v) is 6.14. The predicted molar refractivity (Wildman–Crippen MR) is 62.7 cm³/mol. The summed E-state index contributed by atoms with van der Waals surface area (Å²) in [6.07, 6.45) is 12.5. The maximum atomic E-state index is 11.8. The molecule has 0 aromatic carbocycles. The zero-order chi connectivity index (χ0) is 10.7. The molecule has 1 atom stereocenters. The molecule has 0 bridgehead atoms. The Morgan fingerprint density at radius 3 is 2.87 bits per heavy atom. The molecule has 1 unspecified atom stereocenters. The molecule has 0 aromatic heterocycles. The minimum Gasteiger partial charge on any atom is -0.295 e. The lowest BCUT2D eigenvalue weighted by Crippen LogP contribution is -2.17. The van der Waals surface area contributed by atoms with E-state index in [1.54, 1.807) is 0 Å². The van der Waals surface area contributed by atoms with Gasteiger partial charge in [0, 0.05) is 5.92 Å². The van der Waals surface area contributed by atoms with Crippen molar-refractivity contribution in [2.45, 2.75) is 51.9 Å². The van der Waals surface area contributed by atoms with E-state index in [1.807, 2.05) is 6.08 Å². The number of hydrogen-bond acceptors (Lipinski definition) is 1. The summed E-state index contributed by atoms with van der Waals surface area (Å²) in [6.45, 7) is 2.06. The van der Waals surface area contributed by atoms with Gasteiger partial charge in [0.1, 0.15) is 0 Å². The van der Waals surface area contributed by atoms with E-state index >= 15 is 0 Å². The molecule has 2 rings (SSSR count).